The molecule has 0 amide bonds. The largest absolute Gasteiger partial charge is 0.310 e. The van der Waals surface area contributed by atoms with Crippen molar-refractivity contribution in [3.05, 3.63) is 58.9 Å². The van der Waals surface area contributed by atoms with Gasteiger partial charge in [0.2, 0.25) is 0 Å². The molecule has 0 saturated heterocycles. The van der Waals surface area contributed by atoms with Crippen molar-refractivity contribution < 1.29 is 4.39 Å². The lowest BCUT2D eigenvalue weighted by molar-refractivity contribution is 0.587. The number of nitrogens with one attached hydrogen (secondary N) is 1. The zero-order valence-electron chi connectivity index (χ0n) is 12.6. The van der Waals surface area contributed by atoms with Crippen molar-refractivity contribution in [3.63, 3.8) is 0 Å². The van der Waals surface area contributed by atoms with Gasteiger partial charge in [0.25, 0.3) is 0 Å². The third-order valence-electron chi connectivity index (χ3n) is 3.59. The van der Waals surface area contributed by atoms with Crippen LogP contribution in [0.4, 0.5) is 4.39 Å². The highest BCUT2D eigenvalue weighted by molar-refractivity contribution is 5.68. The van der Waals surface area contributed by atoms with Crippen LogP contribution in [-0.2, 0) is 6.54 Å². The number of hydrogen-bond donors (Lipinski definition) is 1. The van der Waals surface area contributed by atoms with Crippen molar-refractivity contribution in [3.8, 4) is 11.1 Å². The second-order valence-corrected chi connectivity index (χ2v) is 5.64. The average molecular weight is 271 g/mol. The van der Waals surface area contributed by atoms with Crippen LogP contribution in [0.1, 0.15) is 30.5 Å². The Kier molecular flexibility index (Phi) is 4.56. The molecule has 0 spiro atoms. The minimum Gasteiger partial charge on any atom is -0.310 e. The number of benzene rings is 2. The molecule has 0 fully saturated rings. The SMILES string of the molecule is Cc1ccc(-c2cc(F)ccc2CNC(C)C)cc1C. The Hall–Kier alpha value is -1.67. The quantitative estimate of drug-likeness (QED) is 0.856. The van der Waals surface area contributed by atoms with Crippen molar-refractivity contribution in [2.75, 3.05) is 0 Å². The monoisotopic (exact) mass is 271 g/mol. The maximum absolute atomic E-state index is 13.6. The summed E-state index contributed by atoms with van der Waals surface area (Å²) in [4.78, 5) is 0. The van der Waals surface area contributed by atoms with E-state index in [-0.39, 0.29) is 5.82 Å². The molecule has 0 saturated carbocycles. The van der Waals surface area contributed by atoms with Crippen molar-refractivity contribution >= 4 is 0 Å². The summed E-state index contributed by atoms with van der Waals surface area (Å²) in [6.45, 7) is 9.15. The van der Waals surface area contributed by atoms with Gasteiger partial charge in [-0.3, -0.25) is 0 Å². The van der Waals surface area contributed by atoms with E-state index in [9.17, 15) is 4.39 Å². The predicted octanol–water partition coefficient (Wildman–Crippen LogP) is 4.61. The van der Waals surface area contributed by atoms with Crippen LogP contribution in [0.3, 0.4) is 0 Å². The molecule has 2 aromatic carbocycles. The van der Waals surface area contributed by atoms with E-state index >= 15 is 0 Å². The van der Waals surface area contributed by atoms with Gasteiger partial charge in [0.1, 0.15) is 5.82 Å². The van der Waals surface area contributed by atoms with Crippen LogP contribution in [0.15, 0.2) is 36.4 Å². The fraction of sp³-hybridized carbons (Fsp3) is 0.333. The Morgan fingerprint density at radius 1 is 1.00 bits per heavy atom. The van der Waals surface area contributed by atoms with Gasteiger partial charge >= 0.3 is 0 Å². The number of halogens is 1. The fourth-order valence-corrected chi connectivity index (χ4v) is 2.19. The lowest BCUT2D eigenvalue weighted by Gasteiger charge is -2.14. The summed E-state index contributed by atoms with van der Waals surface area (Å²) in [5.41, 5.74) is 5.67. The zero-order valence-corrected chi connectivity index (χ0v) is 12.6. The molecule has 0 bridgehead atoms. The molecular weight excluding hydrogens is 249 g/mol. The van der Waals surface area contributed by atoms with Gasteiger partial charge in [-0.05, 0) is 53.8 Å². The van der Waals surface area contributed by atoms with Crippen LogP contribution in [-0.4, -0.2) is 6.04 Å². The van der Waals surface area contributed by atoms with Gasteiger partial charge < -0.3 is 5.32 Å². The highest BCUT2D eigenvalue weighted by Crippen LogP contribution is 2.26. The molecule has 0 radical (unpaired) electrons. The molecule has 2 heteroatoms. The van der Waals surface area contributed by atoms with E-state index in [1.807, 2.05) is 6.07 Å². The summed E-state index contributed by atoms with van der Waals surface area (Å²) in [5.74, 6) is -0.188. The van der Waals surface area contributed by atoms with Gasteiger partial charge in [-0.1, -0.05) is 38.1 Å². The Morgan fingerprint density at radius 2 is 1.75 bits per heavy atom. The Bertz CT molecular complexity index is 602. The van der Waals surface area contributed by atoms with E-state index in [2.05, 4.69) is 51.2 Å². The van der Waals surface area contributed by atoms with E-state index in [0.717, 1.165) is 23.2 Å². The van der Waals surface area contributed by atoms with Gasteiger partial charge in [0.15, 0.2) is 0 Å². The molecule has 0 atom stereocenters. The van der Waals surface area contributed by atoms with Gasteiger partial charge in [-0.25, -0.2) is 4.39 Å². The first-order valence-corrected chi connectivity index (χ1v) is 7.07. The molecule has 2 rings (SSSR count). The number of rotatable bonds is 4. The molecule has 0 heterocycles. The minimum atomic E-state index is -0.188. The molecule has 0 aliphatic carbocycles. The molecule has 106 valence electrons. The fourth-order valence-electron chi connectivity index (χ4n) is 2.19. The standard InChI is InChI=1S/C18H22FN/c1-12(2)20-11-16-7-8-17(19)10-18(16)15-6-5-13(3)14(4)9-15/h5-10,12,20H,11H2,1-4H3. The second kappa shape index (κ2) is 6.19. The maximum Gasteiger partial charge on any atom is 0.123 e. The maximum atomic E-state index is 13.6. The normalized spacial score (nSPS) is 11.1. The first kappa shape index (κ1) is 14.7. The molecule has 1 N–H and O–H groups in total. The third-order valence-corrected chi connectivity index (χ3v) is 3.59. The zero-order chi connectivity index (χ0) is 14.7. The Balaban J connectivity index is 2.42. The Morgan fingerprint density at radius 3 is 2.40 bits per heavy atom. The topological polar surface area (TPSA) is 12.0 Å². The predicted molar refractivity (Wildman–Crippen MR) is 83.3 cm³/mol. The molecule has 2 aromatic rings. The van der Waals surface area contributed by atoms with Crippen LogP contribution in [0.25, 0.3) is 11.1 Å². The summed E-state index contributed by atoms with van der Waals surface area (Å²) in [7, 11) is 0. The van der Waals surface area contributed by atoms with Crippen molar-refractivity contribution in [1.29, 1.82) is 0 Å². The van der Waals surface area contributed by atoms with Crippen molar-refractivity contribution in [1.82, 2.24) is 5.32 Å². The molecule has 0 aliphatic heterocycles. The molecule has 20 heavy (non-hydrogen) atoms. The Labute approximate surface area is 120 Å². The summed E-state index contributed by atoms with van der Waals surface area (Å²) in [6.07, 6.45) is 0. The van der Waals surface area contributed by atoms with E-state index in [1.54, 1.807) is 6.07 Å². The van der Waals surface area contributed by atoms with E-state index < -0.39 is 0 Å². The lowest BCUT2D eigenvalue weighted by atomic mass is 9.96. The summed E-state index contributed by atoms with van der Waals surface area (Å²) in [6, 6.07) is 11.7. The second-order valence-electron chi connectivity index (χ2n) is 5.64. The van der Waals surface area contributed by atoms with Crippen molar-refractivity contribution in [2.24, 2.45) is 0 Å². The smallest absolute Gasteiger partial charge is 0.123 e. The highest BCUT2D eigenvalue weighted by Gasteiger charge is 2.08. The van der Waals surface area contributed by atoms with Gasteiger partial charge in [0.05, 0.1) is 0 Å². The van der Waals surface area contributed by atoms with Crippen LogP contribution in [0.5, 0.6) is 0 Å². The number of aryl methyl sites for hydroxylation is 2. The number of hydrogen-bond acceptors (Lipinski definition) is 1. The van der Waals surface area contributed by atoms with Crippen LogP contribution in [0.2, 0.25) is 0 Å². The highest BCUT2D eigenvalue weighted by atomic mass is 19.1. The van der Waals surface area contributed by atoms with Gasteiger partial charge in [-0.2, -0.15) is 0 Å². The van der Waals surface area contributed by atoms with E-state index in [1.165, 1.54) is 17.2 Å². The molecule has 1 nitrogen and oxygen atoms in total. The van der Waals surface area contributed by atoms with Crippen LogP contribution < -0.4 is 5.32 Å². The van der Waals surface area contributed by atoms with Gasteiger partial charge in [0, 0.05) is 12.6 Å². The first-order valence-electron chi connectivity index (χ1n) is 7.07. The van der Waals surface area contributed by atoms with Crippen LogP contribution >= 0.6 is 0 Å². The van der Waals surface area contributed by atoms with E-state index in [0.29, 0.717) is 6.04 Å². The molecular formula is C18H22FN. The molecule has 0 aliphatic rings. The first-order chi connectivity index (χ1) is 9.47. The summed E-state index contributed by atoms with van der Waals surface area (Å²) < 4.78 is 13.6. The third kappa shape index (κ3) is 3.45. The lowest BCUT2D eigenvalue weighted by Crippen LogP contribution is -2.22. The summed E-state index contributed by atoms with van der Waals surface area (Å²) in [5, 5.41) is 3.39. The minimum absolute atomic E-state index is 0.188. The summed E-state index contributed by atoms with van der Waals surface area (Å²) >= 11 is 0. The van der Waals surface area contributed by atoms with Gasteiger partial charge in [-0.15, -0.1) is 0 Å². The van der Waals surface area contributed by atoms with Crippen LogP contribution in [0, 0.1) is 19.7 Å². The van der Waals surface area contributed by atoms with Crippen molar-refractivity contribution in [2.45, 2.75) is 40.3 Å². The molecule has 0 aromatic heterocycles. The van der Waals surface area contributed by atoms with E-state index in [4.69, 9.17) is 0 Å². The molecule has 0 unspecified atom stereocenters. The average Bonchev–Trinajstić information content (AvgIpc) is 2.40.